The van der Waals surface area contributed by atoms with Crippen molar-refractivity contribution in [2.75, 3.05) is 39.8 Å². The summed E-state index contributed by atoms with van der Waals surface area (Å²) in [5.74, 6) is 0.335. The number of rotatable bonds is 9. The van der Waals surface area contributed by atoms with Gasteiger partial charge < -0.3 is 15.0 Å². The van der Waals surface area contributed by atoms with Crippen LogP contribution in [0, 0.1) is 17.2 Å². The Morgan fingerprint density at radius 1 is 1.06 bits per heavy atom. The van der Waals surface area contributed by atoms with E-state index in [-0.39, 0.29) is 5.91 Å². The van der Waals surface area contributed by atoms with E-state index in [1.54, 1.807) is 6.92 Å². The predicted molar refractivity (Wildman–Crippen MR) is 131 cm³/mol. The topological polar surface area (TPSA) is 110 Å². The van der Waals surface area contributed by atoms with E-state index in [0.717, 1.165) is 51.9 Å². The average molecular weight is 477 g/mol. The van der Waals surface area contributed by atoms with E-state index < -0.39 is 24.0 Å². The summed E-state index contributed by atoms with van der Waals surface area (Å²) in [6.07, 6.45) is 10.2. The zero-order valence-corrected chi connectivity index (χ0v) is 21.1. The van der Waals surface area contributed by atoms with Gasteiger partial charge in [0.15, 0.2) is 0 Å². The van der Waals surface area contributed by atoms with Gasteiger partial charge in [0.1, 0.15) is 11.8 Å². The van der Waals surface area contributed by atoms with Crippen molar-refractivity contribution < 1.29 is 14.3 Å². The molecular weight excluding hydrogens is 432 g/mol. The third kappa shape index (κ3) is 7.82. The Morgan fingerprint density at radius 2 is 1.71 bits per heavy atom. The zero-order chi connectivity index (χ0) is 24.4. The molecule has 34 heavy (non-hydrogen) atoms. The second kappa shape index (κ2) is 13.3. The van der Waals surface area contributed by atoms with E-state index in [1.807, 2.05) is 7.05 Å². The lowest BCUT2D eigenvalue weighted by Gasteiger charge is -2.40. The molecule has 1 saturated carbocycles. The molecule has 0 radical (unpaired) electrons. The first-order chi connectivity index (χ1) is 16.4. The van der Waals surface area contributed by atoms with Gasteiger partial charge in [-0.1, -0.05) is 38.5 Å². The maximum Gasteiger partial charge on any atom is 0.409 e. The summed E-state index contributed by atoms with van der Waals surface area (Å²) in [5.41, 5.74) is -0.828. The van der Waals surface area contributed by atoms with Gasteiger partial charge in [0, 0.05) is 26.2 Å². The van der Waals surface area contributed by atoms with Crippen LogP contribution < -0.4 is 16.0 Å². The summed E-state index contributed by atoms with van der Waals surface area (Å²) in [7, 11) is 2.04. The van der Waals surface area contributed by atoms with Crippen LogP contribution in [-0.4, -0.2) is 79.5 Å². The minimum absolute atomic E-state index is 0.135. The van der Waals surface area contributed by atoms with Crippen LogP contribution in [0.2, 0.25) is 0 Å². The molecule has 2 heterocycles. The van der Waals surface area contributed by atoms with Crippen LogP contribution in [0.25, 0.3) is 0 Å². The highest BCUT2D eigenvalue weighted by Crippen LogP contribution is 2.28. The molecule has 2 saturated heterocycles. The number of carbonyl (C=O) groups excluding carboxylic acids is 2. The van der Waals surface area contributed by atoms with Crippen molar-refractivity contribution >= 4 is 12.0 Å². The summed E-state index contributed by atoms with van der Waals surface area (Å²) in [4.78, 5) is 30.4. The van der Waals surface area contributed by atoms with E-state index in [2.05, 4.69) is 31.8 Å². The molecule has 0 aromatic carbocycles. The Morgan fingerprint density at radius 3 is 2.32 bits per heavy atom. The molecule has 0 aromatic rings. The lowest BCUT2D eigenvalue weighted by atomic mass is 9.84. The van der Waals surface area contributed by atoms with Crippen LogP contribution in [0.4, 0.5) is 4.79 Å². The summed E-state index contributed by atoms with van der Waals surface area (Å²) in [6.45, 7) is 5.37. The third-order valence-corrected chi connectivity index (χ3v) is 7.67. The first kappa shape index (κ1) is 26.7. The van der Waals surface area contributed by atoms with Crippen LogP contribution in [-0.2, 0) is 9.53 Å². The molecule has 3 N–H and O–H groups in total. The molecule has 9 heteroatoms. The van der Waals surface area contributed by atoms with Gasteiger partial charge in [-0.05, 0) is 52.0 Å². The molecule has 192 valence electrons. The number of ether oxygens (including phenoxy) is 1. The van der Waals surface area contributed by atoms with Crippen LogP contribution in [0.3, 0.4) is 0 Å². The monoisotopic (exact) mass is 476 g/mol. The maximum absolute atomic E-state index is 13.7. The summed E-state index contributed by atoms with van der Waals surface area (Å²) in [6, 6.07) is 1.92. The molecule has 3 fully saturated rings. The van der Waals surface area contributed by atoms with Gasteiger partial charge in [-0.25, -0.2) is 4.79 Å². The van der Waals surface area contributed by atoms with Crippen molar-refractivity contribution in [3.8, 4) is 6.07 Å². The average Bonchev–Trinajstić information content (AvgIpc) is 2.86. The predicted octanol–water partition coefficient (Wildman–Crippen LogP) is 2.53. The van der Waals surface area contributed by atoms with Gasteiger partial charge in [-0.3, -0.25) is 20.3 Å². The van der Waals surface area contributed by atoms with Gasteiger partial charge >= 0.3 is 6.09 Å². The van der Waals surface area contributed by atoms with Crippen LogP contribution in [0.1, 0.15) is 77.6 Å². The van der Waals surface area contributed by atoms with Crippen molar-refractivity contribution in [2.24, 2.45) is 5.92 Å². The third-order valence-electron chi connectivity index (χ3n) is 7.67. The minimum Gasteiger partial charge on any atom is -0.450 e. The quantitative estimate of drug-likeness (QED) is 0.439. The normalized spacial score (nSPS) is 23.9. The Bertz CT molecular complexity index is 691. The molecule has 2 unspecified atom stereocenters. The van der Waals surface area contributed by atoms with Crippen LogP contribution in [0.15, 0.2) is 0 Å². The van der Waals surface area contributed by atoms with Gasteiger partial charge in [-0.15, -0.1) is 0 Å². The highest BCUT2D eigenvalue weighted by atomic mass is 16.5. The standard InChI is InChI=1S/C25H44N6O3/c1-3-34-24(33)28-23(31-14-8-5-9-15-31)27-21(18-20-10-6-4-7-11-20)22(32)29-25(19-26)12-16-30(2)17-13-25/h20-21,23,27H,3-18H2,1-2H3,(H,28,33)(H,29,32). The molecule has 0 spiro atoms. The lowest BCUT2D eigenvalue weighted by Crippen LogP contribution is -2.64. The van der Waals surface area contributed by atoms with Crippen molar-refractivity contribution in [3.05, 3.63) is 0 Å². The van der Waals surface area contributed by atoms with E-state index in [4.69, 9.17) is 4.74 Å². The molecule has 2 atom stereocenters. The minimum atomic E-state index is -0.828. The Balaban J connectivity index is 1.75. The van der Waals surface area contributed by atoms with E-state index in [0.29, 0.717) is 31.8 Å². The van der Waals surface area contributed by atoms with Crippen molar-refractivity contribution in [1.82, 2.24) is 25.8 Å². The Hall–Kier alpha value is -1.89. The summed E-state index contributed by atoms with van der Waals surface area (Å²) < 4.78 is 5.16. The highest BCUT2D eigenvalue weighted by molar-refractivity contribution is 5.83. The van der Waals surface area contributed by atoms with Gasteiger partial charge in [0.05, 0.1) is 18.7 Å². The summed E-state index contributed by atoms with van der Waals surface area (Å²) >= 11 is 0. The number of carbonyl (C=O) groups is 2. The fourth-order valence-electron chi connectivity index (χ4n) is 5.48. The summed E-state index contributed by atoms with van der Waals surface area (Å²) in [5, 5.41) is 19.5. The number of hydrogen-bond donors (Lipinski definition) is 3. The second-order valence-electron chi connectivity index (χ2n) is 10.3. The maximum atomic E-state index is 13.7. The number of nitrogens with zero attached hydrogens (tertiary/aromatic N) is 3. The number of amides is 2. The molecule has 3 rings (SSSR count). The molecule has 3 aliphatic rings. The van der Waals surface area contributed by atoms with Crippen molar-refractivity contribution in [1.29, 1.82) is 5.26 Å². The van der Waals surface area contributed by atoms with Crippen LogP contribution in [0.5, 0.6) is 0 Å². The molecule has 1 aliphatic carbocycles. The fourth-order valence-corrected chi connectivity index (χ4v) is 5.48. The zero-order valence-electron chi connectivity index (χ0n) is 21.1. The first-order valence-corrected chi connectivity index (χ1v) is 13.3. The first-order valence-electron chi connectivity index (χ1n) is 13.3. The molecule has 2 amide bonds. The van der Waals surface area contributed by atoms with Gasteiger partial charge in [0.25, 0.3) is 0 Å². The van der Waals surface area contributed by atoms with E-state index >= 15 is 0 Å². The molecule has 2 aliphatic heterocycles. The SMILES string of the molecule is CCOC(=O)NC(NC(CC1CCCCC1)C(=O)NC1(C#N)CCN(C)CC1)N1CCCCC1. The molecular formula is C25H44N6O3. The number of nitrogens with one attached hydrogen (secondary N) is 3. The van der Waals surface area contributed by atoms with Crippen molar-refractivity contribution in [3.63, 3.8) is 0 Å². The lowest BCUT2D eigenvalue weighted by molar-refractivity contribution is -0.126. The fraction of sp³-hybridized carbons (Fsp3) is 0.880. The van der Waals surface area contributed by atoms with Crippen molar-refractivity contribution in [2.45, 2.75) is 95.4 Å². The second-order valence-corrected chi connectivity index (χ2v) is 10.3. The van der Waals surface area contributed by atoms with E-state index in [1.165, 1.54) is 25.7 Å². The number of alkyl carbamates (subject to hydrolysis) is 1. The smallest absolute Gasteiger partial charge is 0.409 e. The van der Waals surface area contributed by atoms with Gasteiger partial charge in [0.2, 0.25) is 5.91 Å². The van der Waals surface area contributed by atoms with Gasteiger partial charge in [-0.2, -0.15) is 5.26 Å². The number of piperidine rings is 2. The number of hydrogen-bond acceptors (Lipinski definition) is 7. The molecule has 0 aromatic heterocycles. The molecule has 9 nitrogen and oxygen atoms in total. The Kier molecular flexibility index (Phi) is 10.4. The molecule has 0 bridgehead atoms. The largest absolute Gasteiger partial charge is 0.450 e. The Labute approximate surface area is 204 Å². The number of nitriles is 1. The van der Waals surface area contributed by atoms with E-state index in [9.17, 15) is 14.9 Å². The number of likely N-dealkylation sites (tertiary alicyclic amines) is 2. The highest BCUT2D eigenvalue weighted by Gasteiger charge is 2.38. The van der Waals surface area contributed by atoms with Crippen LogP contribution >= 0.6 is 0 Å².